The molecule has 31 heavy (non-hydrogen) atoms. The van der Waals surface area contributed by atoms with E-state index >= 15 is 0 Å². The highest BCUT2D eigenvalue weighted by Gasteiger charge is 2.23. The number of aromatic nitrogens is 2. The number of aliphatic imine (C=N–C) groups is 2. The van der Waals surface area contributed by atoms with Gasteiger partial charge in [-0.05, 0) is 19.1 Å². The van der Waals surface area contributed by atoms with Crippen LogP contribution in [0.4, 0.5) is 11.5 Å². The SMILES string of the molecule is C/C(=C\c1nc(-c2cccc3c2CNN3)nc(N2CCOCC2)c1S)[C@H]1C=NC=NC1. The summed E-state index contributed by atoms with van der Waals surface area (Å²) in [7, 11) is 0. The molecule has 160 valence electrons. The van der Waals surface area contributed by atoms with Gasteiger partial charge < -0.3 is 15.1 Å². The van der Waals surface area contributed by atoms with Crippen molar-refractivity contribution in [3.63, 3.8) is 0 Å². The number of fused-ring (bicyclic) bond motifs is 1. The zero-order valence-corrected chi connectivity index (χ0v) is 18.3. The highest BCUT2D eigenvalue weighted by molar-refractivity contribution is 7.80. The Morgan fingerprint density at radius 2 is 2.13 bits per heavy atom. The van der Waals surface area contributed by atoms with E-state index in [-0.39, 0.29) is 5.92 Å². The van der Waals surface area contributed by atoms with Gasteiger partial charge in [0.05, 0.1) is 36.0 Å². The van der Waals surface area contributed by atoms with Crippen LogP contribution in [0.15, 0.2) is 38.7 Å². The van der Waals surface area contributed by atoms with Gasteiger partial charge in [-0.1, -0.05) is 17.7 Å². The molecule has 1 aromatic carbocycles. The molecule has 0 spiro atoms. The van der Waals surface area contributed by atoms with Crippen LogP contribution in [0.5, 0.6) is 0 Å². The van der Waals surface area contributed by atoms with E-state index in [0.29, 0.717) is 25.6 Å². The van der Waals surface area contributed by atoms with Gasteiger partial charge in [0, 0.05) is 42.9 Å². The molecule has 5 rings (SSSR count). The maximum absolute atomic E-state index is 5.54. The molecular formula is C22H25N7OS. The largest absolute Gasteiger partial charge is 0.378 e. The molecule has 0 radical (unpaired) electrons. The molecule has 8 nitrogen and oxygen atoms in total. The summed E-state index contributed by atoms with van der Waals surface area (Å²) in [6.45, 7) is 6.45. The lowest BCUT2D eigenvalue weighted by Gasteiger charge is -2.29. The molecule has 1 aromatic heterocycles. The second kappa shape index (κ2) is 8.78. The average Bonchev–Trinajstić information content (AvgIpc) is 3.30. The van der Waals surface area contributed by atoms with Gasteiger partial charge in [0.1, 0.15) is 12.2 Å². The molecule has 9 heteroatoms. The van der Waals surface area contributed by atoms with E-state index in [1.165, 1.54) is 5.56 Å². The van der Waals surface area contributed by atoms with E-state index < -0.39 is 0 Å². The van der Waals surface area contributed by atoms with E-state index in [4.69, 9.17) is 27.3 Å². The molecule has 3 aliphatic heterocycles. The first-order valence-electron chi connectivity index (χ1n) is 10.5. The Balaban J connectivity index is 1.61. The quantitative estimate of drug-likeness (QED) is 0.641. The molecule has 0 unspecified atom stereocenters. The zero-order chi connectivity index (χ0) is 21.2. The fourth-order valence-electron chi connectivity index (χ4n) is 3.99. The predicted molar refractivity (Wildman–Crippen MR) is 127 cm³/mol. The number of nitrogens with one attached hydrogen (secondary N) is 2. The molecule has 0 saturated carbocycles. The molecule has 2 N–H and O–H groups in total. The lowest BCUT2D eigenvalue weighted by atomic mass is 10.00. The first-order valence-corrected chi connectivity index (χ1v) is 10.9. The molecular weight excluding hydrogens is 410 g/mol. The Bertz CT molecular complexity index is 1080. The smallest absolute Gasteiger partial charge is 0.162 e. The van der Waals surface area contributed by atoms with E-state index in [1.807, 2.05) is 12.3 Å². The van der Waals surface area contributed by atoms with Gasteiger partial charge in [-0.25, -0.2) is 20.4 Å². The molecule has 0 amide bonds. The van der Waals surface area contributed by atoms with Crippen molar-refractivity contribution < 1.29 is 4.74 Å². The van der Waals surface area contributed by atoms with Crippen LogP contribution >= 0.6 is 12.6 Å². The van der Waals surface area contributed by atoms with Crippen LogP contribution in [0.1, 0.15) is 18.2 Å². The van der Waals surface area contributed by atoms with Crippen LogP contribution in [0.25, 0.3) is 17.5 Å². The Hall–Kier alpha value is -2.75. The summed E-state index contributed by atoms with van der Waals surface area (Å²) in [6.07, 6.45) is 5.63. The predicted octanol–water partition coefficient (Wildman–Crippen LogP) is 2.83. The molecule has 0 aliphatic carbocycles. The number of hydrogen-bond acceptors (Lipinski definition) is 9. The van der Waals surface area contributed by atoms with Crippen molar-refractivity contribution in [1.82, 2.24) is 15.4 Å². The Morgan fingerprint density at radius 1 is 1.26 bits per heavy atom. The van der Waals surface area contributed by atoms with Crippen molar-refractivity contribution in [3.05, 3.63) is 35.0 Å². The van der Waals surface area contributed by atoms with Crippen LogP contribution < -0.4 is 15.8 Å². The fraction of sp³-hybridized carbons (Fsp3) is 0.364. The third-order valence-electron chi connectivity index (χ3n) is 5.77. The highest BCUT2D eigenvalue weighted by atomic mass is 32.1. The third-order valence-corrected chi connectivity index (χ3v) is 6.20. The minimum atomic E-state index is 0.164. The van der Waals surface area contributed by atoms with E-state index in [9.17, 15) is 0 Å². The van der Waals surface area contributed by atoms with Crippen LogP contribution in [0.2, 0.25) is 0 Å². The molecule has 2 aromatic rings. The second-order valence-electron chi connectivity index (χ2n) is 7.79. The van der Waals surface area contributed by atoms with Gasteiger partial charge in [-0.2, -0.15) is 0 Å². The molecule has 1 atom stereocenters. The number of benzene rings is 1. The summed E-state index contributed by atoms with van der Waals surface area (Å²) in [4.78, 5) is 21.4. The monoisotopic (exact) mass is 435 g/mol. The maximum atomic E-state index is 5.54. The third kappa shape index (κ3) is 4.08. The lowest BCUT2D eigenvalue weighted by molar-refractivity contribution is 0.122. The van der Waals surface area contributed by atoms with E-state index in [1.54, 1.807) is 6.34 Å². The molecule has 0 bridgehead atoms. The Kier molecular flexibility index (Phi) is 5.71. The molecule has 1 saturated heterocycles. The fourth-order valence-corrected chi connectivity index (χ4v) is 4.30. The topological polar surface area (TPSA) is 87.0 Å². The van der Waals surface area contributed by atoms with Crippen molar-refractivity contribution in [3.8, 4) is 11.4 Å². The van der Waals surface area contributed by atoms with Gasteiger partial charge in [0.25, 0.3) is 0 Å². The van der Waals surface area contributed by atoms with E-state index in [2.05, 4.69) is 50.9 Å². The molecule has 1 fully saturated rings. The highest BCUT2D eigenvalue weighted by Crippen LogP contribution is 2.34. The van der Waals surface area contributed by atoms with Crippen molar-refractivity contribution in [1.29, 1.82) is 0 Å². The standard InChI is InChI=1S/C22H25N7OS/c1-14(15-10-23-13-24-11-15)9-19-20(31)22(29-5-7-30-8-6-29)27-21(26-19)16-3-2-4-18-17(16)12-25-28-18/h2-4,9-10,13,15,25,28,31H,5-8,11-12H2,1H3/b14-9+/t15-/m0/s1. The first-order chi connectivity index (χ1) is 15.2. The van der Waals surface area contributed by atoms with Gasteiger partial charge in [-0.3, -0.25) is 4.99 Å². The van der Waals surface area contributed by atoms with Gasteiger partial charge >= 0.3 is 0 Å². The Morgan fingerprint density at radius 3 is 2.94 bits per heavy atom. The van der Waals surface area contributed by atoms with Crippen molar-refractivity contribution in [2.45, 2.75) is 18.4 Å². The van der Waals surface area contributed by atoms with Crippen LogP contribution in [-0.4, -0.2) is 55.4 Å². The summed E-state index contributed by atoms with van der Waals surface area (Å²) in [6, 6.07) is 6.16. The number of ether oxygens (including phenoxy) is 1. The summed E-state index contributed by atoms with van der Waals surface area (Å²) < 4.78 is 5.54. The van der Waals surface area contributed by atoms with Gasteiger partial charge in [-0.15, -0.1) is 12.6 Å². The van der Waals surface area contributed by atoms with Crippen molar-refractivity contribution >= 4 is 42.8 Å². The normalized spacial score (nSPS) is 20.6. The van der Waals surface area contributed by atoms with Crippen LogP contribution in [0.3, 0.4) is 0 Å². The number of thiol groups is 1. The minimum Gasteiger partial charge on any atom is -0.378 e. The number of nitrogens with zero attached hydrogens (tertiary/aromatic N) is 5. The lowest BCUT2D eigenvalue weighted by Crippen LogP contribution is -2.37. The summed E-state index contributed by atoms with van der Waals surface area (Å²) in [5.74, 6) is 1.72. The molecule has 3 aliphatic rings. The number of hydrazine groups is 1. The zero-order valence-electron chi connectivity index (χ0n) is 17.4. The summed E-state index contributed by atoms with van der Waals surface area (Å²) >= 11 is 4.86. The summed E-state index contributed by atoms with van der Waals surface area (Å²) in [5.41, 5.74) is 11.6. The van der Waals surface area contributed by atoms with E-state index in [0.717, 1.165) is 52.9 Å². The first kappa shape index (κ1) is 20.2. The van der Waals surface area contributed by atoms with Gasteiger partial charge in [0.15, 0.2) is 5.82 Å². The molecule has 4 heterocycles. The summed E-state index contributed by atoms with van der Waals surface area (Å²) in [5, 5.41) is 0. The number of anilines is 2. The second-order valence-corrected chi connectivity index (χ2v) is 8.24. The van der Waals surface area contributed by atoms with Crippen molar-refractivity contribution in [2.75, 3.05) is 43.2 Å². The van der Waals surface area contributed by atoms with Crippen LogP contribution in [0, 0.1) is 5.92 Å². The number of hydrogen-bond donors (Lipinski definition) is 3. The Labute approximate surface area is 186 Å². The maximum Gasteiger partial charge on any atom is 0.162 e. The number of morpholine rings is 1. The average molecular weight is 436 g/mol. The van der Waals surface area contributed by atoms with Gasteiger partial charge in [0.2, 0.25) is 0 Å². The number of rotatable bonds is 4. The minimum absolute atomic E-state index is 0.164. The van der Waals surface area contributed by atoms with Crippen LogP contribution in [-0.2, 0) is 11.3 Å². The van der Waals surface area contributed by atoms with Crippen molar-refractivity contribution in [2.24, 2.45) is 15.9 Å².